The Morgan fingerprint density at radius 2 is 1.71 bits per heavy atom. The van der Waals surface area contributed by atoms with E-state index in [1.165, 1.54) is 17.0 Å². The molecule has 2 amide bonds. The molecule has 1 aliphatic rings. The van der Waals surface area contributed by atoms with Crippen LogP contribution in [-0.2, 0) is 4.79 Å². The molecule has 1 fully saturated rings. The molecule has 0 bridgehead atoms. The van der Waals surface area contributed by atoms with E-state index in [0.717, 1.165) is 0 Å². The number of nitrogens with zero attached hydrogens (tertiary/aromatic N) is 1. The summed E-state index contributed by atoms with van der Waals surface area (Å²) in [5, 5.41) is 2.88. The van der Waals surface area contributed by atoms with Crippen LogP contribution in [0.25, 0.3) is 0 Å². The van der Waals surface area contributed by atoms with Crippen LogP contribution in [0.15, 0.2) is 36.4 Å². The highest BCUT2D eigenvalue weighted by atomic mass is 19.1. The lowest BCUT2D eigenvalue weighted by Gasteiger charge is -2.19. The summed E-state index contributed by atoms with van der Waals surface area (Å²) >= 11 is 0. The van der Waals surface area contributed by atoms with Crippen molar-refractivity contribution in [3.63, 3.8) is 0 Å². The van der Waals surface area contributed by atoms with Crippen molar-refractivity contribution in [2.45, 2.75) is 33.2 Å². The van der Waals surface area contributed by atoms with Crippen LogP contribution in [0.4, 0.5) is 10.1 Å². The van der Waals surface area contributed by atoms with Crippen LogP contribution in [0.1, 0.15) is 37.6 Å². The molecule has 0 saturated carbocycles. The minimum Gasteiger partial charge on any atom is -0.490 e. The van der Waals surface area contributed by atoms with Gasteiger partial charge < -0.3 is 24.4 Å². The molecule has 1 saturated heterocycles. The van der Waals surface area contributed by atoms with Crippen LogP contribution in [0.2, 0.25) is 0 Å². The molecule has 0 radical (unpaired) electrons. The van der Waals surface area contributed by atoms with Crippen molar-refractivity contribution in [3.8, 4) is 17.2 Å². The molecular formula is C23H27FN2O5. The monoisotopic (exact) mass is 430 g/mol. The molecule has 1 heterocycles. The summed E-state index contributed by atoms with van der Waals surface area (Å²) in [6.07, 6.45) is 0.135. The van der Waals surface area contributed by atoms with E-state index in [1.807, 2.05) is 20.8 Å². The Bertz CT molecular complexity index is 922. The van der Waals surface area contributed by atoms with Gasteiger partial charge in [0.2, 0.25) is 11.7 Å². The summed E-state index contributed by atoms with van der Waals surface area (Å²) < 4.78 is 30.5. The molecule has 1 atom stereocenters. The topological polar surface area (TPSA) is 77.1 Å². The highest BCUT2D eigenvalue weighted by molar-refractivity contribution is 5.99. The second-order valence-electron chi connectivity index (χ2n) is 6.96. The quantitative estimate of drug-likeness (QED) is 0.658. The zero-order valence-corrected chi connectivity index (χ0v) is 17.9. The molecule has 2 aromatic carbocycles. The van der Waals surface area contributed by atoms with Crippen LogP contribution < -0.4 is 24.4 Å². The zero-order valence-electron chi connectivity index (χ0n) is 17.9. The van der Waals surface area contributed by atoms with Crippen molar-refractivity contribution in [3.05, 3.63) is 47.8 Å². The van der Waals surface area contributed by atoms with Crippen molar-refractivity contribution in [1.82, 2.24) is 5.32 Å². The molecule has 1 unspecified atom stereocenters. The third-order valence-corrected chi connectivity index (χ3v) is 4.75. The number of benzene rings is 2. The van der Waals surface area contributed by atoms with Gasteiger partial charge in [0.15, 0.2) is 11.5 Å². The maximum Gasteiger partial charge on any atom is 0.251 e. The first-order valence-corrected chi connectivity index (χ1v) is 10.4. The smallest absolute Gasteiger partial charge is 0.251 e. The van der Waals surface area contributed by atoms with E-state index in [1.54, 1.807) is 24.3 Å². The lowest BCUT2D eigenvalue weighted by Crippen LogP contribution is -2.37. The van der Waals surface area contributed by atoms with Gasteiger partial charge in [0, 0.05) is 24.2 Å². The molecule has 166 valence electrons. The maximum atomic E-state index is 13.5. The van der Waals surface area contributed by atoms with E-state index in [0.29, 0.717) is 48.3 Å². The Morgan fingerprint density at radius 1 is 1.06 bits per heavy atom. The van der Waals surface area contributed by atoms with Crippen molar-refractivity contribution < 1.29 is 28.2 Å². The molecule has 0 spiro atoms. The van der Waals surface area contributed by atoms with Crippen molar-refractivity contribution in [2.75, 3.05) is 31.3 Å². The Labute approximate surface area is 181 Å². The number of carbonyl (C=O) groups is 2. The Morgan fingerprint density at radius 3 is 2.29 bits per heavy atom. The molecule has 7 nitrogen and oxygen atoms in total. The summed E-state index contributed by atoms with van der Waals surface area (Å²) in [5.41, 5.74) is 0.812. The summed E-state index contributed by atoms with van der Waals surface area (Å²) in [5.74, 6) is 0.347. The third-order valence-electron chi connectivity index (χ3n) is 4.75. The minimum atomic E-state index is -0.418. The lowest BCUT2D eigenvalue weighted by molar-refractivity contribution is -0.117. The number of hydrogen-bond donors (Lipinski definition) is 1. The first-order valence-electron chi connectivity index (χ1n) is 10.4. The van der Waals surface area contributed by atoms with E-state index in [9.17, 15) is 14.0 Å². The van der Waals surface area contributed by atoms with Crippen LogP contribution in [0.5, 0.6) is 17.2 Å². The van der Waals surface area contributed by atoms with Gasteiger partial charge in [0.1, 0.15) is 5.82 Å². The van der Waals surface area contributed by atoms with Crippen LogP contribution >= 0.6 is 0 Å². The van der Waals surface area contributed by atoms with Gasteiger partial charge in [-0.1, -0.05) is 6.07 Å². The number of hydrogen-bond acceptors (Lipinski definition) is 5. The summed E-state index contributed by atoms with van der Waals surface area (Å²) in [4.78, 5) is 26.8. The Balaban J connectivity index is 1.79. The van der Waals surface area contributed by atoms with Crippen LogP contribution in [0, 0.1) is 5.82 Å². The zero-order chi connectivity index (χ0) is 22.4. The Kier molecular flexibility index (Phi) is 7.33. The molecular weight excluding hydrogens is 403 g/mol. The minimum absolute atomic E-state index is 0.135. The third kappa shape index (κ3) is 5.25. The number of rotatable bonds is 9. The van der Waals surface area contributed by atoms with Gasteiger partial charge in [-0.05, 0) is 51.1 Å². The summed E-state index contributed by atoms with van der Waals surface area (Å²) in [6, 6.07) is 8.65. The first-order chi connectivity index (χ1) is 15.0. The average molecular weight is 430 g/mol. The number of ether oxygens (including phenoxy) is 3. The molecule has 1 N–H and O–H groups in total. The SMILES string of the molecule is CCOc1cc(C(=O)NC2CC(=O)N(c3cccc(F)c3)C2)cc(OCC)c1OCC. The first kappa shape index (κ1) is 22.4. The fraction of sp³-hybridized carbons (Fsp3) is 0.391. The predicted molar refractivity (Wildman–Crippen MR) is 115 cm³/mol. The molecule has 31 heavy (non-hydrogen) atoms. The van der Waals surface area contributed by atoms with Gasteiger partial charge in [0.25, 0.3) is 5.91 Å². The van der Waals surface area contributed by atoms with E-state index < -0.39 is 11.9 Å². The number of carbonyl (C=O) groups excluding carboxylic acids is 2. The summed E-state index contributed by atoms with van der Waals surface area (Å²) in [7, 11) is 0. The fourth-order valence-corrected chi connectivity index (χ4v) is 3.49. The molecule has 0 aliphatic carbocycles. The number of halogens is 1. The van der Waals surface area contributed by atoms with Crippen molar-refractivity contribution in [1.29, 1.82) is 0 Å². The molecule has 8 heteroatoms. The van der Waals surface area contributed by atoms with E-state index >= 15 is 0 Å². The Hall–Kier alpha value is -3.29. The van der Waals surface area contributed by atoms with E-state index in [2.05, 4.69) is 5.32 Å². The second kappa shape index (κ2) is 10.1. The van der Waals surface area contributed by atoms with Crippen LogP contribution in [-0.4, -0.2) is 44.2 Å². The van der Waals surface area contributed by atoms with Gasteiger partial charge in [-0.15, -0.1) is 0 Å². The molecule has 0 aromatic heterocycles. The van der Waals surface area contributed by atoms with Crippen LogP contribution in [0.3, 0.4) is 0 Å². The van der Waals surface area contributed by atoms with Crippen molar-refractivity contribution >= 4 is 17.5 Å². The second-order valence-corrected chi connectivity index (χ2v) is 6.96. The predicted octanol–water partition coefficient (Wildman–Crippen LogP) is 3.56. The normalized spacial score (nSPS) is 15.7. The fourth-order valence-electron chi connectivity index (χ4n) is 3.49. The lowest BCUT2D eigenvalue weighted by atomic mass is 10.1. The standard InChI is InChI=1S/C23H27FN2O5/c1-4-29-19-10-15(11-20(30-5-2)22(19)31-6-3)23(28)25-17-13-21(27)26(14-17)18-9-7-8-16(24)12-18/h7-12,17H,4-6,13-14H2,1-3H3,(H,25,28). The van der Waals surface area contributed by atoms with E-state index in [-0.39, 0.29) is 24.8 Å². The van der Waals surface area contributed by atoms with Gasteiger partial charge in [-0.2, -0.15) is 0 Å². The van der Waals surface area contributed by atoms with E-state index in [4.69, 9.17) is 14.2 Å². The highest BCUT2D eigenvalue weighted by Gasteiger charge is 2.32. The summed E-state index contributed by atoms with van der Waals surface area (Å²) in [6.45, 7) is 7.02. The highest BCUT2D eigenvalue weighted by Crippen LogP contribution is 2.39. The molecule has 1 aliphatic heterocycles. The van der Waals surface area contributed by atoms with Gasteiger partial charge >= 0.3 is 0 Å². The maximum absolute atomic E-state index is 13.5. The molecule has 3 rings (SSSR count). The van der Waals surface area contributed by atoms with Gasteiger partial charge in [0.05, 0.1) is 25.9 Å². The van der Waals surface area contributed by atoms with Gasteiger partial charge in [-0.3, -0.25) is 9.59 Å². The average Bonchev–Trinajstić information content (AvgIpc) is 3.10. The number of nitrogens with one attached hydrogen (secondary N) is 1. The largest absolute Gasteiger partial charge is 0.490 e. The van der Waals surface area contributed by atoms with Crippen molar-refractivity contribution in [2.24, 2.45) is 0 Å². The van der Waals surface area contributed by atoms with Gasteiger partial charge in [-0.25, -0.2) is 4.39 Å². The number of amides is 2. The molecule has 2 aromatic rings. The number of anilines is 1.